The van der Waals surface area contributed by atoms with Gasteiger partial charge in [0.15, 0.2) is 0 Å². The minimum atomic E-state index is -4.86. The predicted octanol–water partition coefficient (Wildman–Crippen LogP) is 2.59. The molecule has 0 fully saturated rings. The fraction of sp³-hybridized carbons (Fsp3) is 0.429. The molecule has 0 saturated heterocycles. The average Bonchev–Trinajstić information content (AvgIpc) is 1.93. The summed E-state index contributed by atoms with van der Waals surface area (Å²) in [6.45, 7) is 0. The Hall–Kier alpha value is -1.04. The van der Waals surface area contributed by atoms with Gasteiger partial charge in [-0.2, -0.15) is 0 Å². The van der Waals surface area contributed by atoms with Crippen molar-refractivity contribution in [2.24, 2.45) is 0 Å². The summed E-state index contributed by atoms with van der Waals surface area (Å²) < 4.78 is 50.9. The third kappa shape index (κ3) is 3.06. The van der Waals surface area contributed by atoms with Gasteiger partial charge < -0.3 is 5.11 Å². The zero-order chi connectivity index (χ0) is 10.1. The molecule has 13 heavy (non-hydrogen) atoms. The first kappa shape index (κ1) is 10.0. The number of hydrogen-bond donors (Lipinski definition) is 1. The fourth-order valence-corrected chi connectivity index (χ4v) is 0.899. The quantitative estimate of drug-likeness (QED) is 0.656. The molecule has 0 saturated carbocycles. The molecule has 2 nitrogen and oxygen atoms in total. The normalized spacial score (nSPS) is 23.8. The molecule has 0 bridgehead atoms. The monoisotopic (exact) mass is 198 g/mol. The summed E-state index contributed by atoms with van der Waals surface area (Å²) in [6, 6.07) is 0. The van der Waals surface area contributed by atoms with Crippen LogP contribution in [-0.4, -0.2) is 17.6 Å². The van der Waals surface area contributed by atoms with E-state index in [4.69, 9.17) is 5.11 Å². The Kier molecular flexibility index (Phi) is 2.60. The number of aliphatic hydroxyl groups is 1. The highest BCUT2D eigenvalue weighted by Gasteiger charge is 2.35. The molecule has 0 amide bonds. The van der Waals surface area contributed by atoms with Crippen molar-refractivity contribution in [3.05, 3.63) is 23.7 Å². The van der Waals surface area contributed by atoms with Crippen LogP contribution >= 0.6 is 0 Å². The second kappa shape index (κ2) is 3.37. The fourth-order valence-electron chi connectivity index (χ4n) is 0.899. The predicted molar refractivity (Wildman–Crippen MR) is 35.4 cm³/mol. The van der Waals surface area contributed by atoms with Crippen molar-refractivity contribution >= 4 is 0 Å². The van der Waals surface area contributed by atoms with Crippen LogP contribution in [0, 0.1) is 0 Å². The lowest BCUT2D eigenvalue weighted by Crippen LogP contribution is -2.25. The van der Waals surface area contributed by atoms with Crippen molar-refractivity contribution in [3.8, 4) is 0 Å². The molecule has 1 aliphatic carbocycles. The molecule has 0 radical (unpaired) electrons. The minimum absolute atomic E-state index is 0.326. The van der Waals surface area contributed by atoms with Gasteiger partial charge in [-0.05, 0) is 6.08 Å². The lowest BCUT2D eigenvalue weighted by molar-refractivity contribution is -0.339. The SMILES string of the molecule is OC1=CCC(OC(F)(F)F)C(F)=C1. The molecule has 1 rings (SSSR count). The van der Waals surface area contributed by atoms with E-state index in [1.165, 1.54) is 0 Å². The van der Waals surface area contributed by atoms with Crippen LogP contribution in [-0.2, 0) is 4.74 Å². The zero-order valence-corrected chi connectivity index (χ0v) is 6.31. The topological polar surface area (TPSA) is 29.5 Å². The molecule has 0 heterocycles. The molecular formula is C7H6F4O2. The molecule has 0 aromatic rings. The maximum absolute atomic E-state index is 12.7. The largest absolute Gasteiger partial charge is 0.523 e. The van der Waals surface area contributed by atoms with E-state index in [-0.39, 0.29) is 12.2 Å². The van der Waals surface area contributed by atoms with E-state index >= 15 is 0 Å². The van der Waals surface area contributed by atoms with Crippen molar-refractivity contribution in [2.45, 2.75) is 18.9 Å². The Labute approximate surface area is 71.1 Å². The first-order valence-corrected chi connectivity index (χ1v) is 3.39. The number of hydrogen-bond acceptors (Lipinski definition) is 2. The van der Waals surface area contributed by atoms with Gasteiger partial charge in [0.05, 0.1) is 0 Å². The van der Waals surface area contributed by atoms with Crippen LogP contribution in [0.1, 0.15) is 6.42 Å². The summed E-state index contributed by atoms with van der Waals surface area (Å²) in [5, 5.41) is 8.70. The number of allylic oxidation sites excluding steroid dienone is 1. The van der Waals surface area contributed by atoms with E-state index in [9.17, 15) is 17.6 Å². The van der Waals surface area contributed by atoms with Crippen LogP contribution in [0.3, 0.4) is 0 Å². The van der Waals surface area contributed by atoms with E-state index < -0.39 is 18.3 Å². The van der Waals surface area contributed by atoms with Gasteiger partial charge in [0.2, 0.25) is 0 Å². The lowest BCUT2D eigenvalue weighted by Gasteiger charge is -2.18. The Morgan fingerprint density at radius 3 is 2.54 bits per heavy atom. The van der Waals surface area contributed by atoms with Crippen LogP contribution in [0.25, 0.3) is 0 Å². The molecule has 0 aliphatic heterocycles. The Morgan fingerprint density at radius 1 is 1.46 bits per heavy atom. The number of halogens is 4. The van der Waals surface area contributed by atoms with E-state index in [1.807, 2.05) is 0 Å². The van der Waals surface area contributed by atoms with Crippen molar-refractivity contribution in [2.75, 3.05) is 0 Å². The number of ether oxygens (including phenoxy) is 1. The van der Waals surface area contributed by atoms with Gasteiger partial charge in [0, 0.05) is 12.5 Å². The standard InChI is InChI=1S/C7H6F4O2/c8-5-3-4(12)1-2-6(5)13-7(9,10)11/h1,3,6,12H,2H2. The lowest BCUT2D eigenvalue weighted by atomic mass is 10.1. The van der Waals surface area contributed by atoms with Gasteiger partial charge >= 0.3 is 6.36 Å². The highest BCUT2D eigenvalue weighted by Crippen LogP contribution is 2.27. The maximum Gasteiger partial charge on any atom is 0.523 e. The van der Waals surface area contributed by atoms with Gasteiger partial charge in [-0.3, -0.25) is 4.74 Å². The van der Waals surface area contributed by atoms with Gasteiger partial charge in [-0.15, -0.1) is 13.2 Å². The van der Waals surface area contributed by atoms with E-state index in [2.05, 4.69) is 4.74 Å². The van der Waals surface area contributed by atoms with Crippen molar-refractivity contribution < 1.29 is 27.4 Å². The van der Waals surface area contributed by atoms with E-state index in [1.54, 1.807) is 0 Å². The molecule has 1 N–H and O–H groups in total. The van der Waals surface area contributed by atoms with Crippen molar-refractivity contribution in [3.63, 3.8) is 0 Å². The van der Waals surface area contributed by atoms with Crippen LogP contribution in [0.15, 0.2) is 23.7 Å². The van der Waals surface area contributed by atoms with Gasteiger partial charge in [0.25, 0.3) is 0 Å². The highest BCUT2D eigenvalue weighted by molar-refractivity contribution is 5.22. The average molecular weight is 198 g/mol. The molecule has 0 aromatic heterocycles. The summed E-state index contributed by atoms with van der Waals surface area (Å²) in [7, 11) is 0. The smallest absolute Gasteiger partial charge is 0.508 e. The van der Waals surface area contributed by atoms with Crippen LogP contribution in [0.4, 0.5) is 17.6 Å². The summed E-state index contributed by atoms with van der Waals surface area (Å²) in [5.41, 5.74) is 0. The van der Waals surface area contributed by atoms with Crippen LogP contribution in [0.2, 0.25) is 0 Å². The van der Waals surface area contributed by atoms with Gasteiger partial charge in [-0.25, -0.2) is 4.39 Å². The molecule has 0 spiro atoms. The molecule has 0 aromatic carbocycles. The van der Waals surface area contributed by atoms with E-state index in [0.29, 0.717) is 6.08 Å². The van der Waals surface area contributed by atoms with Gasteiger partial charge in [-0.1, -0.05) is 0 Å². The van der Waals surface area contributed by atoms with Crippen LogP contribution < -0.4 is 0 Å². The second-order valence-electron chi connectivity index (χ2n) is 2.45. The maximum atomic E-state index is 12.7. The molecule has 1 unspecified atom stereocenters. The summed E-state index contributed by atoms with van der Waals surface area (Å²) in [4.78, 5) is 0. The number of rotatable bonds is 1. The molecule has 74 valence electrons. The zero-order valence-electron chi connectivity index (χ0n) is 6.31. The van der Waals surface area contributed by atoms with Crippen molar-refractivity contribution in [1.82, 2.24) is 0 Å². The Morgan fingerprint density at radius 2 is 2.08 bits per heavy atom. The molecule has 6 heteroatoms. The minimum Gasteiger partial charge on any atom is -0.508 e. The Bertz CT molecular complexity index is 254. The summed E-state index contributed by atoms with van der Waals surface area (Å²) in [6.07, 6.45) is -5.21. The number of aliphatic hydroxyl groups excluding tert-OH is 1. The first-order chi connectivity index (χ1) is 5.88. The van der Waals surface area contributed by atoms with Gasteiger partial charge in [0.1, 0.15) is 17.7 Å². The number of alkyl halides is 3. The highest BCUT2D eigenvalue weighted by atomic mass is 19.4. The second-order valence-corrected chi connectivity index (χ2v) is 2.45. The van der Waals surface area contributed by atoms with Crippen LogP contribution in [0.5, 0.6) is 0 Å². The summed E-state index contributed by atoms with van der Waals surface area (Å²) in [5.74, 6) is -1.52. The Balaban J connectivity index is 2.62. The first-order valence-electron chi connectivity index (χ1n) is 3.39. The molecule has 1 atom stereocenters. The van der Waals surface area contributed by atoms with Crippen molar-refractivity contribution in [1.29, 1.82) is 0 Å². The third-order valence-corrected chi connectivity index (χ3v) is 1.41. The molecular weight excluding hydrogens is 192 g/mol. The van der Waals surface area contributed by atoms with E-state index in [0.717, 1.165) is 6.08 Å². The third-order valence-electron chi connectivity index (χ3n) is 1.41. The summed E-state index contributed by atoms with van der Waals surface area (Å²) >= 11 is 0. The molecule has 1 aliphatic rings.